The molecule has 0 bridgehead atoms. The molecule has 0 radical (unpaired) electrons. The molecule has 0 fully saturated rings. The van der Waals surface area contributed by atoms with Crippen molar-refractivity contribution in [2.45, 2.75) is 51.9 Å². The van der Waals surface area contributed by atoms with E-state index < -0.39 is 23.7 Å². The van der Waals surface area contributed by atoms with Crippen molar-refractivity contribution in [3.63, 3.8) is 0 Å². The summed E-state index contributed by atoms with van der Waals surface area (Å²) in [6, 6.07) is 4.78. The number of alkyl halides is 2. The molecule has 0 amide bonds. The molecule has 0 atom stereocenters. The maximum absolute atomic E-state index is 14.3. The highest BCUT2D eigenvalue weighted by molar-refractivity contribution is 5.73. The van der Waals surface area contributed by atoms with Crippen LogP contribution in [0.15, 0.2) is 18.2 Å². The zero-order valence-electron chi connectivity index (χ0n) is 11.9. The lowest BCUT2D eigenvalue weighted by Crippen LogP contribution is -2.31. The van der Waals surface area contributed by atoms with Crippen LogP contribution in [-0.2, 0) is 23.6 Å². The van der Waals surface area contributed by atoms with Gasteiger partial charge >= 0.3 is 5.97 Å². The van der Waals surface area contributed by atoms with E-state index in [-0.39, 0.29) is 5.56 Å². The molecule has 0 aromatic heterocycles. The van der Waals surface area contributed by atoms with E-state index in [1.807, 2.05) is 0 Å². The second-order valence-corrected chi connectivity index (χ2v) is 6.26. The van der Waals surface area contributed by atoms with Gasteiger partial charge in [0.25, 0.3) is 5.92 Å². The van der Waals surface area contributed by atoms with Crippen LogP contribution in [0.5, 0.6) is 0 Å². The number of hydrogen-bond acceptors (Lipinski definition) is 1. The summed E-state index contributed by atoms with van der Waals surface area (Å²) in [7, 11) is 0. The van der Waals surface area contributed by atoms with Crippen LogP contribution in [-0.4, -0.2) is 11.1 Å². The predicted octanol–water partition coefficient (Wildman–Crippen LogP) is 4.16. The Labute approximate surface area is 117 Å². The SMILES string of the molecule is CC(C)(CC(F)(F)c1ccc2c(c1)CCCC2)C(=O)O. The summed E-state index contributed by atoms with van der Waals surface area (Å²) < 4.78 is 28.6. The van der Waals surface area contributed by atoms with Crippen molar-refractivity contribution in [3.05, 3.63) is 34.9 Å². The standard InChI is InChI=1S/C16H20F2O2/c1-15(2,14(19)20)10-16(17,18)13-8-7-11-5-3-4-6-12(11)9-13/h7-9H,3-6,10H2,1-2H3,(H,19,20). The average molecular weight is 282 g/mol. The molecule has 4 heteroatoms. The highest BCUT2D eigenvalue weighted by atomic mass is 19.3. The number of halogens is 2. The van der Waals surface area contributed by atoms with Crippen LogP contribution in [0, 0.1) is 5.41 Å². The molecule has 20 heavy (non-hydrogen) atoms. The lowest BCUT2D eigenvalue weighted by molar-refractivity contribution is -0.153. The molecule has 1 aromatic rings. The molecule has 110 valence electrons. The highest BCUT2D eigenvalue weighted by Crippen LogP contribution is 2.41. The van der Waals surface area contributed by atoms with E-state index in [9.17, 15) is 13.6 Å². The van der Waals surface area contributed by atoms with E-state index in [1.54, 1.807) is 12.1 Å². The number of aryl methyl sites for hydroxylation is 2. The van der Waals surface area contributed by atoms with Crippen LogP contribution in [0.1, 0.15) is 49.8 Å². The van der Waals surface area contributed by atoms with Crippen molar-refractivity contribution in [1.29, 1.82) is 0 Å². The van der Waals surface area contributed by atoms with Crippen LogP contribution < -0.4 is 0 Å². The third-order valence-corrected chi connectivity index (χ3v) is 4.01. The Balaban J connectivity index is 2.27. The summed E-state index contributed by atoms with van der Waals surface area (Å²) in [4.78, 5) is 11.0. The molecule has 0 aliphatic heterocycles. The van der Waals surface area contributed by atoms with Crippen molar-refractivity contribution in [2.75, 3.05) is 0 Å². The fourth-order valence-corrected chi connectivity index (χ4v) is 2.69. The monoisotopic (exact) mass is 282 g/mol. The first kappa shape index (κ1) is 14.9. The van der Waals surface area contributed by atoms with Crippen molar-refractivity contribution in [3.8, 4) is 0 Å². The fourth-order valence-electron chi connectivity index (χ4n) is 2.69. The minimum atomic E-state index is -3.12. The number of aliphatic carboxylic acids is 1. The molecule has 0 spiro atoms. The van der Waals surface area contributed by atoms with Crippen LogP contribution in [0.2, 0.25) is 0 Å². The van der Waals surface area contributed by atoms with Gasteiger partial charge in [0.1, 0.15) is 0 Å². The molecule has 0 unspecified atom stereocenters. The lowest BCUT2D eigenvalue weighted by Gasteiger charge is -2.27. The van der Waals surface area contributed by atoms with Gasteiger partial charge in [0, 0.05) is 12.0 Å². The van der Waals surface area contributed by atoms with Gasteiger partial charge in [-0.15, -0.1) is 0 Å². The smallest absolute Gasteiger partial charge is 0.309 e. The zero-order chi connectivity index (χ0) is 15.0. The maximum Gasteiger partial charge on any atom is 0.309 e. The van der Waals surface area contributed by atoms with Gasteiger partial charge in [-0.3, -0.25) is 4.79 Å². The number of fused-ring (bicyclic) bond motifs is 1. The first-order valence-corrected chi connectivity index (χ1v) is 6.96. The largest absolute Gasteiger partial charge is 0.481 e. The Morgan fingerprint density at radius 2 is 1.80 bits per heavy atom. The van der Waals surface area contributed by atoms with Gasteiger partial charge in [-0.1, -0.05) is 12.1 Å². The zero-order valence-corrected chi connectivity index (χ0v) is 11.9. The Kier molecular flexibility index (Phi) is 3.85. The average Bonchev–Trinajstić information content (AvgIpc) is 2.36. The van der Waals surface area contributed by atoms with Gasteiger partial charge in [0.15, 0.2) is 0 Å². The first-order valence-electron chi connectivity index (χ1n) is 6.96. The van der Waals surface area contributed by atoms with E-state index in [1.165, 1.54) is 19.9 Å². The molecular weight excluding hydrogens is 262 g/mol. The summed E-state index contributed by atoms with van der Waals surface area (Å²) in [5.74, 6) is -4.32. The molecule has 1 aliphatic carbocycles. The summed E-state index contributed by atoms with van der Waals surface area (Å²) in [6.07, 6.45) is 3.23. The minimum absolute atomic E-state index is 0.0625. The number of rotatable bonds is 4. The number of carbonyl (C=O) groups is 1. The molecule has 0 saturated carbocycles. The Morgan fingerprint density at radius 1 is 1.20 bits per heavy atom. The summed E-state index contributed by atoms with van der Waals surface area (Å²) in [5.41, 5.74) is 0.627. The van der Waals surface area contributed by atoms with Crippen molar-refractivity contribution < 1.29 is 18.7 Å². The minimum Gasteiger partial charge on any atom is -0.481 e. The second kappa shape index (κ2) is 5.15. The van der Waals surface area contributed by atoms with E-state index in [2.05, 4.69) is 0 Å². The molecule has 2 rings (SSSR count). The van der Waals surface area contributed by atoms with Crippen LogP contribution in [0.4, 0.5) is 8.78 Å². The molecule has 0 heterocycles. The first-order chi connectivity index (χ1) is 9.22. The van der Waals surface area contributed by atoms with E-state index in [0.29, 0.717) is 0 Å². The summed E-state index contributed by atoms with van der Waals surface area (Å²) >= 11 is 0. The third kappa shape index (κ3) is 3.00. The molecule has 1 N–H and O–H groups in total. The van der Waals surface area contributed by atoms with Gasteiger partial charge in [0.05, 0.1) is 5.41 Å². The van der Waals surface area contributed by atoms with Crippen LogP contribution in [0.3, 0.4) is 0 Å². The van der Waals surface area contributed by atoms with Gasteiger partial charge in [-0.25, -0.2) is 8.78 Å². The molecule has 1 aromatic carbocycles. The second-order valence-electron chi connectivity index (χ2n) is 6.26. The van der Waals surface area contributed by atoms with Gasteiger partial charge in [-0.2, -0.15) is 0 Å². The Hall–Kier alpha value is -1.45. The summed E-state index contributed by atoms with van der Waals surface area (Å²) in [5, 5.41) is 9.01. The highest BCUT2D eigenvalue weighted by Gasteiger charge is 2.42. The van der Waals surface area contributed by atoms with Crippen molar-refractivity contribution in [1.82, 2.24) is 0 Å². The maximum atomic E-state index is 14.3. The van der Waals surface area contributed by atoms with Crippen LogP contribution in [0.25, 0.3) is 0 Å². The quantitative estimate of drug-likeness (QED) is 0.900. The normalized spacial score (nSPS) is 15.8. The topological polar surface area (TPSA) is 37.3 Å². The number of benzene rings is 1. The number of hydrogen-bond donors (Lipinski definition) is 1. The van der Waals surface area contributed by atoms with Crippen molar-refractivity contribution >= 4 is 5.97 Å². The summed E-state index contributed by atoms with van der Waals surface area (Å²) in [6.45, 7) is 2.67. The molecule has 2 nitrogen and oxygen atoms in total. The Morgan fingerprint density at radius 3 is 2.40 bits per heavy atom. The van der Waals surface area contributed by atoms with E-state index >= 15 is 0 Å². The van der Waals surface area contributed by atoms with Crippen LogP contribution >= 0.6 is 0 Å². The van der Waals surface area contributed by atoms with Gasteiger partial charge in [-0.05, 0) is 56.7 Å². The molecule has 1 aliphatic rings. The third-order valence-electron chi connectivity index (χ3n) is 4.01. The van der Waals surface area contributed by atoms with Crippen molar-refractivity contribution in [2.24, 2.45) is 5.41 Å². The number of carboxylic acid groups (broad SMARTS) is 1. The van der Waals surface area contributed by atoms with E-state index in [4.69, 9.17) is 5.11 Å². The fraction of sp³-hybridized carbons (Fsp3) is 0.562. The molecular formula is C16H20F2O2. The lowest BCUT2D eigenvalue weighted by atomic mass is 9.82. The molecule has 0 saturated heterocycles. The number of carboxylic acids is 1. The van der Waals surface area contributed by atoms with Gasteiger partial charge < -0.3 is 5.11 Å². The van der Waals surface area contributed by atoms with Gasteiger partial charge in [0.2, 0.25) is 0 Å². The van der Waals surface area contributed by atoms with E-state index in [0.717, 1.165) is 36.8 Å². The predicted molar refractivity (Wildman–Crippen MR) is 73.0 cm³/mol. The Bertz CT molecular complexity index is 521.